The average molecular weight is 255 g/mol. The van der Waals surface area contributed by atoms with Crippen LogP contribution < -0.4 is 0 Å². The zero-order chi connectivity index (χ0) is 8.81. The molecule has 2 nitrogen and oxygen atoms in total. The fourth-order valence-corrected chi connectivity index (χ4v) is 4.24. The van der Waals surface area contributed by atoms with E-state index < -0.39 is 16.7 Å². The van der Waals surface area contributed by atoms with Crippen LogP contribution in [0.1, 0.15) is 5.56 Å². The molecule has 1 rings (SSSR count). The van der Waals surface area contributed by atoms with Crippen molar-refractivity contribution in [3.05, 3.63) is 35.9 Å². The molecule has 0 aliphatic carbocycles. The van der Waals surface area contributed by atoms with Crippen molar-refractivity contribution >= 4 is 12.4 Å². The molecule has 0 aliphatic heterocycles. The standard InChI is InChI=1S/C7H7.2CH3O.ClH.Zn/c1-7-5-3-2-4-6-7;2*1-2;;/h2-6H,1H2;2*1H3;1H;/q;2*-1;;+2. The summed E-state index contributed by atoms with van der Waals surface area (Å²) in [5.41, 5.74) is 1.32. The molecule has 0 saturated carbocycles. The topological polar surface area (TPSA) is 18.5 Å². The zero-order valence-electron chi connectivity index (χ0n) is 8.03. The first-order valence-corrected chi connectivity index (χ1v) is 8.68. The molecule has 0 atom stereocenters. The fraction of sp³-hybridized carbons (Fsp3) is 0.333. The maximum atomic E-state index is 5.29. The molecule has 1 aromatic rings. The third kappa shape index (κ3) is 4.73. The maximum Gasteiger partial charge on any atom is -0.147 e. The minimum Gasteiger partial charge on any atom is -0.147 e. The molecule has 0 heterocycles. The van der Waals surface area contributed by atoms with Crippen LogP contribution in [0.25, 0.3) is 0 Å². The van der Waals surface area contributed by atoms with E-state index in [4.69, 9.17) is 7.13 Å². The number of hydrogen-bond acceptors (Lipinski definition) is 2. The van der Waals surface area contributed by atoms with E-state index in [2.05, 4.69) is 12.1 Å². The van der Waals surface area contributed by atoms with Gasteiger partial charge in [0.2, 0.25) is 0 Å². The Morgan fingerprint density at radius 1 is 1.08 bits per heavy atom. The first-order valence-electron chi connectivity index (χ1n) is 4.16. The molecule has 0 aliphatic rings. The van der Waals surface area contributed by atoms with Crippen LogP contribution in [-0.2, 0) is 28.8 Å². The van der Waals surface area contributed by atoms with Crippen LogP contribution in [0.4, 0.5) is 0 Å². The predicted molar refractivity (Wildman–Crippen MR) is 51.4 cm³/mol. The second-order valence-corrected chi connectivity index (χ2v) is 8.52. The first-order chi connectivity index (χ1) is 5.86. The van der Waals surface area contributed by atoms with E-state index in [-0.39, 0.29) is 12.4 Å². The van der Waals surface area contributed by atoms with Crippen LogP contribution in [-0.4, -0.2) is 14.2 Å². The van der Waals surface area contributed by atoms with E-state index in [1.807, 2.05) is 18.2 Å². The molecular formula is C9H14ClO2Zn. The SMILES string of the molecule is C[O][Zn]([CH2]c1ccccc1)[O]C.Cl. The Bertz CT molecular complexity index is 214. The van der Waals surface area contributed by atoms with Crippen molar-refractivity contribution in [1.82, 2.24) is 0 Å². The Balaban J connectivity index is 0.00000144. The van der Waals surface area contributed by atoms with Gasteiger partial charge in [0, 0.05) is 0 Å². The van der Waals surface area contributed by atoms with Crippen LogP contribution in [0, 0.1) is 0 Å². The van der Waals surface area contributed by atoms with Crippen LogP contribution in [0.5, 0.6) is 0 Å². The Morgan fingerprint density at radius 2 is 1.62 bits per heavy atom. The van der Waals surface area contributed by atoms with Gasteiger partial charge in [-0.2, -0.15) is 0 Å². The Kier molecular flexibility index (Phi) is 7.49. The third-order valence-corrected chi connectivity index (χ3v) is 6.75. The summed E-state index contributed by atoms with van der Waals surface area (Å²) < 4.78 is 10.6. The molecule has 1 aromatic carbocycles. The fourth-order valence-electron chi connectivity index (χ4n) is 1.20. The molecule has 0 N–H and O–H groups in total. The minimum atomic E-state index is -2.06. The van der Waals surface area contributed by atoms with Crippen LogP contribution in [0.2, 0.25) is 0 Å². The number of hydrogen-bond donors (Lipinski definition) is 0. The van der Waals surface area contributed by atoms with Gasteiger partial charge in [-0.25, -0.2) is 0 Å². The molecule has 71 valence electrons. The third-order valence-electron chi connectivity index (χ3n) is 1.98. The van der Waals surface area contributed by atoms with Crippen molar-refractivity contribution in [3.63, 3.8) is 0 Å². The van der Waals surface area contributed by atoms with Gasteiger partial charge in [-0.3, -0.25) is 0 Å². The molecule has 0 unspecified atom stereocenters. The van der Waals surface area contributed by atoms with Crippen molar-refractivity contribution in [2.75, 3.05) is 14.2 Å². The van der Waals surface area contributed by atoms with E-state index in [1.54, 1.807) is 14.2 Å². The van der Waals surface area contributed by atoms with E-state index in [0.29, 0.717) is 0 Å². The Hall–Kier alpha value is 0.0534. The monoisotopic (exact) mass is 253 g/mol. The number of benzene rings is 1. The van der Waals surface area contributed by atoms with Crippen molar-refractivity contribution in [1.29, 1.82) is 0 Å². The summed E-state index contributed by atoms with van der Waals surface area (Å²) in [4.78, 5) is 0. The molecule has 13 heavy (non-hydrogen) atoms. The summed E-state index contributed by atoms with van der Waals surface area (Å²) in [6.07, 6.45) is 0. The molecule has 0 spiro atoms. The van der Waals surface area contributed by atoms with Gasteiger partial charge in [0.1, 0.15) is 0 Å². The van der Waals surface area contributed by atoms with Crippen LogP contribution in [0.15, 0.2) is 30.3 Å². The van der Waals surface area contributed by atoms with Gasteiger partial charge in [0.25, 0.3) is 0 Å². The molecule has 4 heteroatoms. The van der Waals surface area contributed by atoms with Gasteiger partial charge in [-0.05, 0) is 0 Å². The number of rotatable bonds is 4. The minimum absolute atomic E-state index is 0. The zero-order valence-corrected chi connectivity index (χ0v) is 11.8. The van der Waals surface area contributed by atoms with Gasteiger partial charge >= 0.3 is 78.9 Å². The second-order valence-electron chi connectivity index (χ2n) is 2.84. The molecular weight excluding hydrogens is 241 g/mol. The Morgan fingerprint density at radius 3 is 2.08 bits per heavy atom. The first kappa shape index (κ1) is 13.1. The van der Waals surface area contributed by atoms with Gasteiger partial charge < -0.3 is 0 Å². The summed E-state index contributed by atoms with van der Waals surface area (Å²) in [7, 11) is 3.48. The number of halogens is 1. The molecule has 0 radical (unpaired) electrons. The summed E-state index contributed by atoms with van der Waals surface area (Å²) >= 11 is -2.06. The summed E-state index contributed by atoms with van der Waals surface area (Å²) in [6, 6.07) is 10.3. The molecule has 0 aromatic heterocycles. The normalized spacial score (nSPS) is 9.08. The summed E-state index contributed by atoms with van der Waals surface area (Å²) in [5, 5.41) is 1.01. The second kappa shape index (κ2) is 7.46. The summed E-state index contributed by atoms with van der Waals surface area (Å²) in [6.45, 7) is 0. The van der Waals surface area contributed by atoms with E-state index >= 15 is 0 Å². The smallest absolute Gasteiger partial charge is 0.147 e. The van der Waals surface area contributed by atoms with E-state index in [9.17, 15) is 0 Å². The molecule has 0 saturated heterocycles. The van der Waals surface area contributed by atoms with Gasteiger partial charge in [-0.15, -0.1) is 12.4 Å². The largest absolute Gasteiger partial charge is 0.147 e. The van der Waals surface area contributed by atoms with E-state index in [0.717, 1.165) is 5.02 Å². The van der Waals surface area contributed by atoms with Gasteiger partial charge in [-0.1, -0.05) is 0 Å². The summed E-state index contributed by atoms with van der Waals surface area (Å²) in [5.74, 6) is 0. The Labute approximate surface area is 91.4 Å². The van der Waals surface area contributed by atoms with Crippen LogP contribution >= 0.6 is 12.4 Å². The van der Waals surface area contributed by atoms with Crippen molar-refractivity contribution in [3.8, 4) is 0 Å². The van der Waals surface area contributed by atoms with Crippen molar-refractivity contribution in [2.45, 2.75) is 5.02 Å². The molecule has 0 amide bonds. The molecule has 0 fully saturated rings. The van der Waals surface area contributed by atoms with Crippen molar-refractivity contribution in [2.24, 2.45) is 0 Å². The van der Waals surface area contributed by atoms with E-state index in [1.165, 1.54) is 5.56 Å². The predicted octanol–water partition coefficient (Wildman–Crippen LogP) is 2.35. The molecule has 0 bridgehead atoms. The van der Waals surface area contributed by atoms with Gasteiger partial charge in [0.05, 0.1) is 0 Å². The van der Waals surface area contributed by atoms with Gasteiger partial charge in [0.15, 0.2) is 0 Å². The maximum absolute atomic E-state index is 5.29. The van der Waals surface area contributed by atoms with Crippen molar-refractivity contribution < 1.29 is 23.8 Å². The van der Waals surface area contributed by atoms with Crippen LogP contribution in [0.3, 0.4) is 0 Å². The quantitative estimate of drug-likeness (QED) is 0.769. The average Bonchev–Trinajstić information content (AvgIpc) is 2.16.